The van der Waals surface area contributed by atoms with Crippen molar-refractivity contribution in [3.63, 3.8) is 0 Å². The first kappa shape index (κ1) is 21.9. The summed E-state index contributed by atoms with van der Waals surface area (Å²) in [5.74, 6) is 0.697. The molecule has 1 aromatic rings. The highest BCUT2D eigenvalue weighted by Gasteiger charge is 2.04. The molecule has 1 amide bonds. The van der Waals surface area contributed by atoms with E-state index in [-0.39, 0.29) is 29.9 Å². The van der Waals surface area contributed by atoms with Crippen molar-refractivity contribution in [1.82, 2.24) is 16.0 Å². The van der Waals surface area contributed by atoms with Gasteiger partial charge in [0.25, 0.3) is 5.91 Å². The van der Waals surface area contributed by atoms with Crippen LogP contribution in [-0.4, -0.2) is 38.0 Å². The second kappa shape index (κ2) is 13.4. The van der Waals surface area contributed by atoms with Crippen molar-refractivity contribution in [2.24, 2.45) is 4.99 Å². The number of nitrogens with one attached hydrogen (secondary N) is 3. The van der Waals surface area contributed by atoms with Gasteiger partial charge in [0.05, 0.1) is 0 Å². The molecule has 5 nitrogen and oxygen atoms in total. The number of hydrogen-bond donors (Lipinski definition) is 3. The average molecular weight is 495 g/mol. The van der Waals surface area contributed by atoms with Crippen LogP contribution in [0.1, 0.15) is 23.7 Å². The molecule has 7 heteroatoms. The highest BCUT2D eigenvalue weighted by atomic mass is 127. The van der Waals surface area contributed by atoms with Gasteiger partial charge in [-0.25, -0.2) is 0 Å². The Kier molecular flexibility index (Phi) is 12.7. The van der Waals surface area contributed by atoms with Crippen LogP contribution in [0.15, 0.2) is 46.4 Å². The molecular formula is C16H24BrIN4O. The van der Waals surface area contributed by atoms with E-state index in [1.165, 1.54) is 0 Å². The van der Waals surface area contributed by atoms with Gasteiger partial charge < -0.3 is 16.0 Å². The summed E-state index contributed by atoms with van der Waals surface area (Å²) < 4.78 is 0.897. The smallest absolute Gasteiger partial charge is 0.251 e. The standard InChI is InChI=1S/C16H23BrN4O.HI/c1-3-9-20-16(18-4-2)21-11-6-10-19-15(22)13-7-5-8-14(17)12-13;/h3,5,7-8,12H,1,4,6,9-11H2,2H3,(H,19,22)(H2,18,20,21);1H. The maximum atomic E-state index is 11.9. The van der Waals surface area contributed by atoms with Gasteiger partial charge in [-0.1, -0.05) is 28.1 Å². The van der Waals surface area contributed by atoms with Crippen LogP contribution in [0.25, 0.3) is 0 Å². The Hall–Kier alpha value is -1.09. The van der Waals surface area contributed by atoms with E-state index in [1.54, 1.807) is 18.2 Å². The van der Waals surface area contributed by atoms with E-state index >= 15 is 0 Å². The molecule has 0 atom stereocenters. The lowest BCUT2D eigenvalue weighted by molar-refractivity contribution is 0.0953. The fraction of sp³-hybridized carbons (Fsp3) is 0.375. The summed E-state index contributed by atoms with van der Waals surface area (Å²) in [6, 6.07) is 7.33. The molecule has 0 aliphatic rings. The number of carbonyl (C=O) groups is 1. The van der Waals surface area contributed by atoms with Crippen molar-refractivity contribution in [3.8, 4) is 0 Å². The summed E-state index contributed by atoms with van der Waals surface area (Å²) in [4.78, 5) is 16.4. The predicted molar refractivity (Wildman–Crippen MR) is 111 cm³/mol. The van der Waals surface area contributed by atoms with Gasteiger partial charge in [-0.3, -0.25) is 9.79 Å². The number of halogens is 2. The Labute approximate surface area is 163 Å². The van der Waals surface area contributed by atoms with E-state index in [9.17, 15) is 4.79 Å². The number of carbonyl (C=O) groups excluding carboxylic acids is 1. The molecule has 0 heterocycles. The highest BCUT2D eigenvalue weighted by Crippen LogP contribution is 2.11. The van der Waals surface area contributed by atoms with Gasteiger partial charge in [0, 0.05) is 36.2 Å². The Balaban J connectivity index is 0.00000484. The summed E-state index contributed by atoms with van der Waals surface area (Å²) in [5, 5.41) is 9.17. The molecule has 0 aliphatic heterocycles. The maximum absolute atomic E-state index is 11.9. The minimum absolute atomic E-state index is 0. The molecule has 0 radical (unpaired) electrons. The number of nitrogens with zero attached hydrogens (tertiary/aromatic N) is 1. The number of amides is 1. The molecule has 0 fully saturated rings. The summed E-state index contributed by atoms with van der Waals surface area (Å²) in [5.41, 5.74) is 0.652. The number of guanidine groups is 1. The lowest BCUT2D eigenvalue weighted by Gasteiger charge is -2.09. The van der Waals surface area contributed by atoms with Gasteiger partial charge in [0.1, 0.15) is 0 Å². The number of aliphatic imine (C=N–C) groups is 1. The van der Waals surface area contributed by atoms with Crippen LogP contribution >= 0.6 is 39.9 Å². The van der Waals surface area contributed by atoms with Crippen molar-refractivity contribution in [2.45, 2.75) is 13.3 Å². The first-order chi connectivity index (χ1) is 10.7. The van der Waals surface area contributed by atoms with Gasteiger partial charge in [-0.2, -0.15) is 0 Å². The summed E-state index contributed by atoms with van der Waals surface area (Å²) in [6.45, 7) is 8.40. The monoisotopic (exact) mass is 494 g/mol. The molecule has 1 rings (SSSR count). The van der Waals surface area contributed by atoms with Crippen LogP contribution in [-0.2, 0) is 0 Å². The highest BCUT2D eigenvalue weighted by molar-refractivity contribution is 14.0. The van der Waals surface area contributed by atoms with Crippen LogP contribution in [0, 0.1) is 0 Å². The van der Waals surface area contributed by atoms with Crippen molar-refractivity contribution >= 4 is 51.8 Å². The first-order valence-corrected chi connectivity index (χ1v) is 8.13. The topological polar surface area (TPSA) is 65.5 Å². The van der Waals surface area contributed by atoms with Gasteiger partial charge in [-0.15, -0.1) is 30.6 Å². The Morgan fingerprint density at radius 2 is 2.13 bits per heavy atom. The molecule has 0 bridgehead atoms. The van der Waals surface area contributed by atoms with Gasteiger partial charge in [-0.05, 0) is 31.5 Å². The summed E-state index contributed by atoms with van der Waals surface area (Å²) in [7, 11) is 0. The maximum Gasteiger partial charge on any atom is 0.251 e. The lowest BCUT2D eigenvalue weighted by atomic mass is 10.2. The van der Waals surface area contributed by atoms with Crippen LogP contribution in [0.3, 0.4) is 0 Å². The number of rotatable bonds is 8. The molecule has 0 aromatic heterocycles. The van der Waals surface area contributed by atoms with Crippen LogP contribution < -0.4 is 16.0 Å². The lowest BCUT2D eigenvalue weighted by Crippen LogP contribution is -2.37. The summed E-state index contributed by atoms with van der Waals surface area (Å²) >= 11 is 3.36. The quantitative estimate of drug-likeness (QED) is 0.171. The zero-order valence-corrected chi connectivity index (χ0v) is 17.2. The third kappa shape index (κ3) is 9.60. The molecule has 23 heavy (non-hydrogen) atoms. The molecule has 128 valence electrons. The largest absolute Gasteiger partial charge is 0.357 e. The fourth-order valence-electron chi connectivity index (χ4n) is 1.71. The van der Waals surface area contributed by atoms with Gasteiger partial charge in [0.15, 0.2) is 5.96 Å². The summed E-state index contributed by atoms with van der Waals surface area (Å²) in [6.07, 6.45) is 2.56. The van der Waals surface area contributed by atoms with Gasteiger partial charge >= 0.3 is 0 Å². The first-order valence-electron chi connectivity index (χ1n) is 7.34. The fourth-order valence-corrected chi connectivity index (χ4v) is 2.11. The van der Waals surface area contributed by atoms with E-state index in [0.717, 1.165) is 23.4 Å². The van der Waals surface area contributed by atoms with Crippen molar-refractivity contribution in [2.75, 3.05) is 26.2 Å². The Bertz CT molecular complexity index is 523. The normalized spacial score (nSPS) is 10.4. The average Bonchev–Trinajstić information content (AvgIpc) is 2.52. The molecular weight excluding hydrogens is 471 g/mol. The predicted octanol–water partition coefficient (Wildman–Crippen LogP) is 2.93. The molecule has 0 saturated carbocycles. The van der Waals surface area contributed by atoms with Crippen LogP contribution in [0.5, 0.6) is 0 Å². The molecule has 0 spiro atoms. The van der Waals surface area contributed by atoms with E-state index in [1.807, 2.05) is 19.1 Å². The Morgan fingerprint density at radius 1 is 1.35 bits per heavy atom. The molecule has 0 saturated heterocycles. The van der Waals surface area contributed by atoms with Crippen LogP contribution in [0.2, 0.25) is 0 Å². The molecule has 0 unspecified atom stereocenters. The van der Waals surface area contributed by atoms with E-state index in [4.69, 9.17) is 0 Å². The van der Waals surface area contributed by atoms with Crippen molar-refractivity contribution in [3.05, 3.63) is 47.0 Å². The van der Waals surface area contributed by atoms with E-state index in [0.29, 0.717) is 25.2 Å². The minimum atomic E-state index is -0.0676. The zero-order valence-electron chi connectivity index (χ0n) is 13.3. The van der Waals surface area contributed by atoms with Crippen molar-refractivity contribution < 1.29 is 4.79 Å². The molecule has 3 N–H and O–H groups in total. The second-order valence-electron chi connectivity index (χ2n) is 4.55. The van der Waals surface area contributed by atoms with Crippen LogP contribution in [0.4, 0.5) is 0 Å². The second-order valence-corrected chi connectivity index (χ2v) is 5.47. The van der Waals surface area contributed by atoms with Gasteiger partial charge in [0.2, 0.25) is 0 Å². The Morgan fingerprint density at radius 3 is 2.78 bits per heavy atom. The third-order valence-electron chi connectivity index (χ3n) is 2.74. The van der Waals surface area contributed by atoms with E-state index in [2.05, 4.69) is 43.5 Å². The molecule has 0 aliphatic carbocycles. The van der Waals surface area contributed by atoms with E-state index < -0.39 is 0 Å². The third-order valence-corrected chi connectivity index (χ3v) is 3.23. The zero-order chi connectivity index (χ0) is 16.2. The van der Waals surface area contributed by atoms with Crippen molar-refractivity contribution in [1.29, 1.82) is 0 Å². The number of benzene rings is 1. The SMILES string of the molecule is C=CCNC(=NCCCNC(=O)c1cccc(Br)c1)NCC.I. The minimum Gasteiger partial charge on any atom is -0.357 e. The number of hydrogen-bond acceptors (Lipinski definition) is 2. The molecule has 1 aromatic carbocycles.